The largest absolute Gasteiger partial charge is 0.481 e. The molecule has 2 aliphatic rings. The SMILES string of the molecule is Cn1nc(C(=O)N2CC(CCC(=O)O)C2)cc1NC(=O)OCC1c2ccccc2-c2ccccc21. The number of benzene rings is 2. The lowest BCUT2D eigenvalue weighted by Crippen LogP contribution is -2.50. The van der Waals surface area contributed by atoms with Crippen LogP contribution in [0, 0.1) is 5.92 Å². The number of nitrogens with zero attached hydrogens (tertiary/aromatic N) is 3. The normalized spacial score (nSPS) is 14.7. The highest BCUT2D eigenvalue weighted by molar-refractivity contribution is 5.94. The molecule has 3 aromatic rings. The monoisotopic (exact) mass is 474 g/mol. The van der Waals surface area contributed by atoms with Crippen LogP contribution >= 0.6 is 0 Å². The molecule has 9 nitrogen and oxygen atoms in total. The highest BCUT2D eigenvalue weighted by atomic mass is 16.5. The summed E-state index contributed by atoms with van der Waals surface area (Å²) in [4.78, 5) is 37.6. The standard InChI is InChI=1S/C26H26N4O5/c1-29-23(12-22(28-29)25(33)30-13-16(14-30)10-11-24(31)32)27-26(34)35-15-21-19-8-4-2-6-17(19)18-7-3-5-9-20(18)21/h2-9,12,16,21H,10-11,13-15H2,1H3,(H,27,34)(H,31,32). The summed E-state index contributed by atoms with van der Waals surface area (Å²) in [5, 5.41) is 15.7. The summed E-state index contributed by atoms with van der Waals surface area (Å²) in [5.74, 6) is -0.570. The lowest BCUT2D eigenvalue weighted by atomic mass is 9.94. The number of amides is 2. The van der Waals surface area contributed by atoms with Crippen LogP contribution in [-0.2, 0) is 16.6 Å². The zero-order valence-corrected chi connectivity index (χ0v) is 19.3. The van der Waals surface area contributed by atoms with Crippen LogP contribution in [0.3, 0.4) is 0 Å². The Morgan fingerprint density at radius 2 is 1.69 bits per heavy atom. The Bertz CT molecular complexity index is 1250. The van der Waals surface area contributed by atoms with Crippen LogP contribution in [0.5, 0.6) is 0 Å². The molecule has 2 amide bonds. The number of nitrogens with one attached hydrogen (secondary N) is 1. The van der Waals surface area contributed by atoms with Crippen LogP contribution < -0.4 is 5.32 Å². The Balaban J connectivity index is 1.18. The molecule has 0 radical (unpaired) electrons. The smallest absolute Gasteiger partial charge is 0.412 e. The molecule has 0 spiro atoms. The van der Waals surface area contributed by atoms with Crippen molar-refractivity contribution >= 4 is 23.8 Å². The summed E-state index contributed by atoms with van der Waals surface area (Å²) < 4.78 is 7.00. The number of hydrogen-bond donors (Lipinski definition) is 2. The molecule has 0 unspecified atom stereocenters. The van der Waals surface area contributed by atoms with E-state index in [2.05, 4.69) is 34.7 Å². The van der Waals surface area contributed by atoms with E-state index in [4.69, 9.17) is 9.84 Å². The number of aliphatic carboxylic acids is 1. The predicted molar refractivity (Wildman–Crippen MR) is 128 cm³/mol. The fourth-order valence-corrected chi connectivity index (χ4v) is 4.84. The Hall–Kier alpha value is -4.14. The maximum Gasteiger partial charge on any atom is 0.412 e. The average molecular weight is 475 g/mol. The molecule has 2 heterocycles. The summed E-state index contributed by atoms with van der Waals surface area (Å²) in [7, 11) is 1.64. The van der Waals surface area contributed by atoms with Crippen LogP contribution in [0.25, 0.3) is 11.1 Å². The molecule has 2 aromatic carbocycles. The van der Waals surface area contributed by atoms with Gasteiger partial charge in [0, 0.05) is 38.5 Å². The first-order chi connectivity index (χ1) is 16.9. The van der Waals surface area contributed by atoms with Crippen molar-refractivity contribution in [2.45, 2.75) is 18.8 Å². The topological polar surface area (TPSA) is 114 Å². The lowest BCUT2D eigenvalue weighted by Gasteiger charge is -2.38. The number of fused-ring (bicyclic) bond motifs is 3. The Morgan fingerprint density at radius 1 is 1.06 bits per heavy atom. The van der Waals surface area contributed by atoms with Gasteiger partial charge < -0.3 is 14.7 Å². The molecule has 2 N–H and O–H groups in total. The number of carbonyl (C=O) groups is 3. The number of aromatic nitrogens is 2. The van der Waals surface area contributed by atoms with Crippen molar-refractivity contribution in [1.29, 1.82) is 0 Å². The number of ether oxygens (including phenoxy) is 1. The molecule has 35 heavy (non-hydrogen) atoms. The molecule has 180 valence electrons. The predicted octanol–water partition coefficient (Wildman–Crippen LogP) is 3.72. The molecule has 1 saturated heterocycles. The number of aryl methyl sites for hydroxylation is 1. The van der Waals surface area contributed by atoms with Crippen LogP contribution in [-0.4, -0.2) is 57.5 Å². The van der Waals surface area contributed by atoms with Gasteiger partial charge in [-0.05, 0) is 34.6 Å². The Labute approximate surface area is 202 Å². The van der Waals surface area contributed by atoms with E-state index in [0.29, 0.717) is 25.3 Å². The van der Waals surface area contributed by atoms with E-state index >= 15 is 0 Å². The minimum atomic E-state index is -0.830. The third kappa shape index (κ3) is 4.49. The highest BCUT2D eigenvalue weighted by Gasteiger charge is 2.33. The molecule has 0 atom stereocenters. The van der Waals surface area contributed by atoms with Gasteiger partial charge in [-0.3, -0.25) is 19.6 Å². The van der Waals surface area contributed by atoms with Crippen molar-refractivity contribution in [1.82, 2.24) is 14.7 Å². The quantitative estimate of drug-likeness (QED) is 0.540. The first kappa shape index (κ1) is 22.6. The molecule has 1 fully saturated rings. The molecular formula is C26H26N4O5. The van der Waals surface area contributed by atoms with Gasteiger partial charge in [0.2, 0.25) is 0 Å². The number of carboxylic acids is 1. The Morgan fingerprint density at radius 3 is 2.31 bits per heavy atom. The summed E-state index contributed by atoms with van der Waals surface area (Å²) in [6, 6.07) is 17.8. The zero-order valence-electron chi connectivity index (χ0n) is 19.3. The number of likely N-dealkylation sites (tertiary alicyclic amines) is 1. The second kappa shape index (κ2) is 9.25. The maximum absolute atomic E-state index is 12.7. The van der Waals surface area contributed by atoms with E-state index in [1.165, 1.54) is 10.7 Å². The lowest BCUT2D eigenvalue weighted by molar-refractivity contribution is -0.137. The van der Waals surface area contributed by atoms with Gasteiger partial charge >= 0.3 is 12.1 Å². The van der Waals surface area contributed by atoms with Gasteiger partial charge in [0.05, 0.1) is 0 Å². The molecular weight excluding hydrogens is 448 g/mol. The zero-order chi connectivity index (χ0) is 24.5. The van der Waals surface area contributed by atoms with Crippen LogP contribution in [0.4, 0.5) is 10.6 Å². The fourth-order valence-electron chi connectivity index (χ4n) is 4.84. The van der Waals surface area contributed by atoms with E-state index in [9.17, 15) is 14.4 Å². The first-order valence-corrected chi connectivity index (χ1v) is 11.6. The van der Waals surface area contributed by atoms with Crippen molar-refractivity contribution in [3.05, 3.63) is 71.4 Å². The van der Waals surface area contributed by atoms with Crippen LogP contribution in [0.1, 0.15) is 40.4 Å². The number of hydrogen-bond acceptors (Lipinski definition) is 5. The second-order valence-electron chi connectivity index (χ2n) is 9.00. The number of carboxylic acid groups (broad SMARTS) is 1. The van der Waals surface area contributed by atoms with Gasteiger partial charge in [0.1, 0.15) is 12.4 Å². The molecule has 0 saturated carbocycles. The van der Waals surface area contributed by atoms with Crippen LogP contribution in [0.2, 0.25) is 0 Å². The van der Waals surface area contributed by atoms with Crippen molar-refractivity contribution in [3.8, 4) is 11.1 Å². The van der Waals surface area contributed by atoms with Crippen molar-refractivity contribution in [2.24, 2.45) is 13.0 Å². The molecule has 1 aromatic heterocycles. The van der Waals surface area contributed by atoms with Gasteiger partial charge in [-0.1, -0.05) is 48.5 Å². The molecule has 5 rings (SSSR count). The van der Waals surface area contributed by atoms with Gasteiger partial charge in [-0.15, -0.1) is 0 Å². The van der Waals surface area contributed by atoms with E-state index in [1.807, 2.05) is 24.3 Å². The number of rotatable bonds is 7. The van der Waals surface area contributed by atoms with Crippen molar-refractivity contribution in [2.75, 3.05) is 25.0 Å². The van der Waals surface area contributed by atoms with Gasteiger partial charge in [-0.2, -0.15) is 5.10 Å². The van der Waals surface area contributed by atoms with Crippen LogP contribution in [0.15, 0.2) is 54.6 Å². The minimum Gasteiger partial charge on any atom is -0.481 e. The average Bonchev–Trinajstić information content (AvgIpc) is 3.34. The third-order valence-electron chi connectivity index (χ3n) is 6.68. The maximum atomic E-state index is 12.7. The fraction of sp³-hybridized carbons (Fsp3) is 0.308. The minimum absolute atomic E-state index is 0.0442. The van der Waals surface area contributed by atoms with E-state index in [0.717, 1.165) is 22.3 Å². The van der Waals surface area contributed by atoms with E-state index in [-0.39, 0.29) is 36.5 Å². The van der Waals surface area contributed by atoms with Crippen molar-refractivity contribution < 1.29 is 24.2 Å². The van der Waals surface area contributed by atoms with Gasteiger partial charge in [-0.25, -0.2) is 4.79 Å². The number of carbonyl (C=O) groups excluding carboxylic acids is 2. The second-order valence-corrected chi connectivity index (χ2v) is 9.00. The molecule has 1 aliphatic heterocycles. The molecule has 0 bridgehead atoms. The van der Waals surface area contributed by atoms with Crippen molar-refractivity contribution in [3.63, 3.8) is 0 Å². The van der Waals surface area contributed by atoms with Gasteiger partial charge in [0.15, 0.2) is 5.69 Å². The Kier molecular flexibility index (Phi) is 5.98. The summed E-state index contributed by atoms with van der Waals surface area (Å²) in [6.45, 7) is 1.21. The summed E-state index contributed by atoms with van der Waals surface area (Å²) in [5.41, 5.74) is 4.79. The van der Waals surface area contributed by atoms with E-state index < -0.39 is 12.1 Å². The summed E-state index contributed by atoms with van der Waals surface area (Å²) >= 11 is 0. The molecule has 9 heteroatoms. The first-order valence-electron chi connectivity index (χ1n) is 11.6. The summed E-state index contributed by atoms with van der Waals surface area (Å²) in [6.07, 6.45) is 0.0342. The number of anilines is 1. The van der Waals surface area contributed by atoms with Gasteiger partial charge in [0.25, 0.3) is 5.91 Å². The van der Waals surface area contributed by atoms with E-state index in [1.54, 1.807) is 11.9 Å². The highest BCUT2D eigenvalue weighted by Crippen LogP contribution is 2.44. The molecule has 1 aliphatic carbocycles. The third-order valence-corrected chi connectivity index (χ3v) is 6.68.